The molecule has 1 N–H and O–H groups in total. The molecule has 0 radical (unpaired) electrons. The van der Waals surface area contributed by atoms with Crippen molar-refractivity contribution in [1.29, 1.82) is 0 Å². The van der Waals surface area contributed by atoms with Crippen LogP contribution in [0.5, 0.6) is 5.88 Å². The second kappa shape index (κ2) is 6.26. The van der Waals surface area contributed by atoms with E-state index in [1.807, 2.05) is 0 Å². The van der Waals surface area contributed by atoms with Gasteiger partial charge in [-0.3, -0.25) is 4.79 Å². The fourth-order valence-electron chi connectivity index (χ4n) is 2.15. The van der Waals surface area contributed by atoms with Crippen LogP contribution in [0.4, 0.5) is 22.0 Å². The monoisotopic (exact) mass is 340 g/mol. The Labute approximate surface area is 127 Å². The summed E-state index contributed by atoms with van der Waals surface area (Å²) in [5, 5.41) is 9.55. The van der Waals surface area contributed by atoms with Gasteiger partial charge in [-0.05, 0) is 6.07 Å². The number of likely N-dealkylation sites (tertiary alicyclic amines) is 1. The predicted octanol–water partition coefficient (Wildman–Crippen LogP) is 1.86. The number of rotatable bonds is 4. The van der Waals surface area contributed by atoms with Crippen LogP contribution in [0.3, 0.4) is 0 Å². The molecule has 0 spiro atoms. The number of ether oxygens (including phenoxy) is 1. The minimum absolute atomic E-state index is 0.0595. The summed E-state index contributed by atoms with van der Waals surface area (Å²) in [6.07, 6.45) is -7.06. The Morgan fingerprint density at radius 2 is 2.17 bits per heavy atom. The van der Waals surface area contributed by atoms with Crippen molar-refractivity contribution in [3.63, 3.8) is 0 Å². The van der Waals surface area contributed by atoms with Gasteiger partial charge in [-0.15, -0.1) is 0 Å². The molecule has 128 valence electrons. The molecule has 23 heavy (non-hydrogen) atoms. The molecule has 1 atom stereocenters. The third kappa shape index (κ3) is 3.87. The zero-order valence-electron chi connectivity index (χ0n) is 11.7. The van der Waals surface area contributed by atoms with Crippen molar-refractivity contribution in [2.75, 3.05) is 19.7 Å². The highest BCUT2D eigenvalue weighted by Crippen LogP contribution is 2.38. The van der Waals surface area contributed by atoms with E-state index in [0.29, 0.717) is 0 Å². The molecule has 1 fully saturated rings. The third-order valence-corrected chi connectivity index (χ3v) is 3.40. The number of pyridine rings is 1. The number of halogens is 5. The summed E-state index contributed by atoms with van der Waals surface area (Å²) in [5.41, 5.74) is -3.00. The van der Waals surface area contributed by atoms with Gasteiger partial charge in [-0.25, -0.2) is 13.8 Å². The Balaban J connectivity index is 2.08. The number of carbonyl (C=O) groups is 1. The van der Waals surface area contributed by atoms with Crippen molar-refractivity contribution in [3.8, 4) is 5.88 Å². The summed E-state index contributed by atoms with van der Waals surface area (Å²) in [7, 11) is 0. The van der Waals surface area contributed by atoms with E-state index >= 15 is 0 Å². The van der Waals surface area contributed by atoms with Crippen LogP contribution in [-0.4, -0.2) is 58.8 Å². The van der Waals surface area contributed by atoms with E-state index in [0.717, 1.165) is 17.2 Å². The van der Waals surface area contributed by atoms with E-state index in [4.69, 9.17) is 0 Å². The van der Waals surface area contributed by atoms with Gasteiger partial charge in [0.25, 0.3) is 12.3 Å². The second-order valence-electron chi connectivity index (χ2n) is 5.09. The van der Waals surface area contributed by atoms with Gasteiger partial charge in [0.05, 0.1) is 6.54 Å². The molecule has 0 aromatic carbocycles. The molecule has 0 bridgehead atoms. The predicted molar refractivity (Wildman–Crippen MR) is 67.3 cm³/mol. The molecule has 1 saturated heterocycles. The fourth-order valence-corrected chi connectivity index (χ4v) is 2.15. The minimum Gasteiger partial charge on any atom is -0.472 e. The largest absolute Gasteiger partial charge is 0.472 e. The van der Waals surface area contributed by atoms with Crippen LogP contribution in [0.15, 0.2) is 18.3 Å². The van der Waals surface area contributed by atoms with Gasteiger partial charge >= 0.3 is 6.18 Å². The topological polar surface area (TPSA) is 62.7 Å². The summed E-state index contributed by atoms with van der Waals surface area (Å²) in [4.78, 5) is 16.6. The molecule has 1 amide bonds. The Bertz CT molecular complexity index is 581. The van der Waals surface area contributed by atoms with E-state index < -0.39 is 43.7 Å². The number of alkyl halides is 5. The summed E-state index contributed by atoms with van der Waals surface area (Å²) < 4.78 is 67.0. The standard InChI is InChI=1S/C13H13F5N2O3/c14-9(15)6-23-10-5-8(1-3-19-10)11(21)20-4-2-12(22,7-20)13(16,17)18/h1,3,5,9,22H,2,4,6-7H2. The molecule has 1 unspecified atom stereocenters. The molecule has 2 rings (SSSR count). The smallest absolute Gasteiger partial charge is 0.419 e. The highest BCUT2D eigenvalue weighted by Gasteiger charge is 2.57. The van der Waals surface area contributed by atoms with Crippen LogP contribution in [0.25, 0.3) is 0 Å². The Morgan fingerprint density at radius 3 is 2.74 bits per heavy atom. The number of nitrogens with zero attached hydrogens (tertiary/aromatic N) is 2. The van der Waals surface area contributed by atoms with E-state index in [-0.39, 0.29) is 18.0 Å². The van der Waals surface area contributed by atoms with Gasteiger partial charge in [-0.1, -0.05) is 0 Å². The SMILES string of the molecule is O=C(c1ccnc(OCC(F)F)c1)N1CCC(O)(C(F)(F)F)C1. The quantitative estimate of drug-likeness (QED) is 0.850. The highest BCUT2D eigenvalue weighted by atomic mass is 19.4. The minimum atomic E-state index is -4.84. The summed E-state index contributed by atoms with van der Waals surface area (Å²) in [5.74, 6) is -1.00. The lowest BCUT2D eigenvalue weighted by Gasteiger charge is -2.25. The summed E-state index contributed by atoms with van der Waals surface area (Å²) in [6, 6.07) is 2.29. The fraction of sp³-hybridized carbons (Fsp3) is 0.538. The lowest BCUT2D eigenvalue weighted by Crippen LogP contribution is -2.48. The van der Waals surface area contributed by atoms with Crippen molar-refractivity contribution in [2.24, 2.45) is 0 Å². The average molecular weight is 340 g/mol. The first-order chi connectivity index (χ1) is 10.6. The van der Waals surface area contributed by atoms with Gasteiger partial charge in [0, 0.05) is 30.8 Å². The van der Waals surface area contributed by atoms with Crippen molar-refractivity contribution >= 4 is 5.91 Å². The van der Waals surface area contributed by atoms with Crippen LogP contribution in [0.1, 0.15) is 16.8 Å². The zero-order chi connectivity index (χ0) is 17.3. The van der Waals surface area contributed by atoms with Gasteiger partial charge in [-0.2, -0.15) is 13.2 Å². The van der Waals surface area contributed by atoms with Crippen LogP contribution >= 0.6 is 0 Å². The van der Waals surface area contributed by atoms with E-state index in [1.54, 1.807) is 0 Å². The van der Waals surface area contributed by atoms with E-state index in [1.165, 1.54) is 6.07 Å². The highest BCUT2D eigenvalue weighted by molar-refractivity contribution is 5.94. The van der Waals surface area contributed by atoms with Crippen LogP contribution in [0.2, 0.25) is 0 Å². The maximum Gasteiger partial charge on any atom is 0.419 e. The molecule has 1 aromatic heterocycles. The lowest BCUT2D eigenvalue weighted by molar-refractivity contribution is -0.253. The van der Waals surface area contributed by atoms with Crippen LogP contribution in [-0.2, 0) is 0 Å². The zero-order valence-corrected chi connectivity index (χ0v) is 11.7. The molecule has 1 aliphatic rings. The van der Waals surface area contributed by atoms with Gasteiger partial charge in [0.1, 0.15) is 0 Å². The van der Waals surface area contributed by atoms with Gasteiger partial charge in [0.15, 0.2) is 12.2 Å². The summed E-state index contributed by atoms with van der Waals surface area (Å²) in [6.45, 7) is -2.07. The summed E-state index contributed by atoms with van der Waals surface area (Å²) >= 11 is 0. The molecule has 1 aliphatic heterocycles. The number of β-amino-alcohol motifs (C(OH)–C–C–N with tert-alkyl or cyclic N) is 1. The van der Waals surface area contributed by atoms with E-state index in [9.17, 15) is 31.9 Å². The van der Waals surface area contributed by atoms with Gasteiger partial charge in [0.2, 0.25) is 5.88 Å². The molecule has 1 aromatic rings. The molecule has 10 heteroatoms. The Morgan fingerprint density at radius 1 is 1.48 bits per heavy atom. The lowest BCUT2D eigenvalue weighted by atomic mass is 10.0. The Kier molecular flexibility index (Phi) is 4.73. The number of aromatic nitrogens is 1. The van der Waals surface area contributed by atoms with Crippen molar-refractivity contribution in [1.82, 2.24) is 9.88 Å². The molecule has 2 heterocycles. The molecular weight excluding hydrogens is 327 g/mol. The third-order valence-electron chi connectivity index (χ3n) is 3.40. The van der Waals surface area contributed by atoms with Crippen molar-refractivity contribution < 1.29 is 36.6 Å². The maximum absolute atomic E-state index is 12.7. The molecule has 0 aliphatic carbocycles. The number of aliphatic hydroxyl groups is 1. The molecule has 5 nitrogen and oxygen atoms in total. The van der Waals surface area contributed by atoms with Gasteiger partial charge < -0.3 is 14.7 Å². The molecule has 0 saturated carbocycles. The number of carbonyl (C=O) groups excluding carboxylic acids is 1. The first-order valence-corrected chi connectivity index (χ1v) is 6.58. The van der Waals surface area contributed by atoms with Crippen LogP contribution < -0.4 is 4.74 Å². The van der Waals surface area contributed by atoms with Crippen molar-refractivity contribution in [2.45, 2.75) is 24.6 Å². The van der Waals surface area contributed by atoms with E-state index in [2.05, 4.69) is 9.72 Å². The van der Waals surface area contributed by atoms with Crippen molar-refractivity contribution in [3.05, 3.63) is 23.9 Å². The maximum atomic E-state index is 12.7. The average Bonchev–Trinajstić information content (AvgIpc) is 2.88. The Hall–Kier alpha value is -1.97. The number of amides is 1. The first-order valence-electron chi connectivity index (χ1n) is 6.58. The first kappa shape index (κ1) is 17.4. The molecular formula is C13H13F5N2O3. The normalized spacial score (nSPS) is 21.8. The number of hydrogen-bond acceptors (Lipinski definition) is 4. The van der Waals surface area contributed by atoms with Crippen LogP contribution in [0, 0.1) is 0 Å². The second-order valence-corrected chi connectivity index (χ2v) is 5.09. The number of hydrogen-bond donors (Lipinski definition) is 1.